The third-order valence-electron chi connectivity index (χ3n) is 2.63. The fourth-order valence-corrected chi connectivity index (χ4v) is 1.59. The molecule has 5 nitrogen and oxygen atoms in total. The number of carbonyl (C=O) groups excluding carboxylic acids is 2. The fourth-order valence-electron chi connectivity index (χ4n) is 1.59. The van der Waals surface area contributed by atoms with Crippen molar-refractivity contribution in [1.29, 1.82) is 0 Å². The first-order valence-electron chi connectivity index (χ1n) is 5.29. The highest BCUT2D eigenvalue weighted by Crippen LogP contribution is 2.18. The van der Waals surface area contributed by atoms with E-state index in [1.807, 2.05) is 6.92 Å². The Hall–Kier alpha value is -1.10. The van der Waals surface area contributed by atoms with E-state index < -0.39 is 11.4 Å². The molecule has 1 atom stereocenters. The van der Waals surface area contributed by atoms with Gasteiger partial charge in [-0.15, -0.1) is 0 Å². The van der Waals surface area contributed by atoms with Crippen molar-refractivity contribution in [2.45, 2.75) is 38.1 Å². The summed E-state index contributed by atoms with van der Waals surface area (Å²) < 4.78 is 5.11. The molecule has 0 aromatic carbocycles. The molecule has 5 heteroatoms. The summed E-state index contributed by atoms with van der Waals surface area (Å²) in [5, 5.41) is 2.69. The molecule has 0 aromatic heterocycles. The van der Waals surface area contributed by atoms with E-state index in [1.54, 1.807) is 0 Å². The first-order chi connectivity index (χ1) is 7.10. The third-order valence-corrected chi connectivity index (χ3v) is 2.63. The van der Waals surface area contributed by atoms with Crippen molar-refractivity contribution in [2.75, 3.05) is 13.2 Å². The molecule has 1 heterocycles. The summed E-state index contributed by atoms with van der Waals surface area (Å²) >= 11 is 0. The van der Waals surface area contributed by atoms with Crippen LogP contribution in [0.3, 0.4) is 0 Å². The van der Waals surface area contributed by atoms with E-state index in [2.05, 4.69) is 5.32 Å². The van der Waals surface area contributed by atoms with E-state index in [9.17, 15) is 9.59 Å². The Morgan fingerprint density at radius 1 is 1.53 bits per heavy atom. The summed E-state index contributed by atoms with van der Waals surface area (Å²) in [6.07, 6.45) is 2.68. The van der Waals surface area contributed by atoms with Gasteiger partial charge < -0.3 is 15.8 Å². The van der Waals surface area contributed by atoms with Crippen LogP contribution < -0.4 is 11.1 Å². The second-order valence-electron chi connectivity index (χ2n) is 3.90. The highest BCUT2D eigenvalue weighted by molar-refractivity contribution is 5.90. The Morgan fingerprint density at radius 3 is 2.73 bits per heavy atom. The van der Waals surface area contributed by atoms with Gasteiger partial charge in [-0.3, -0.25) is 9.59 Å². The van der Waals surface area contributed by atoms with E-state index in [4.69, 9.17) is 10.5 Å². The lowest BCUT2D eigenvalue weighted by molar-refractivity contribution is -0.131. The normalized spacial score (nSPS) is 25.1. The summed E-state index contributed by atoms with van der Waals surface area (Å²) in [4.78, 5) is 22.8. The van der Waals surface area contributed by atoms with Crippen LogP contribution in [0.2, 0.25) is 0 Å². The van der Waals surface area contributed by atoms with Crippen molar-refractivity contribution in [3.63, 3.8) is 0 Å². The minimum atomic E-state index is -0.967. The zero-order chi connectivity index (χ0) is 11.3. The number of nitrogens with one attached hydrogen (secondary N) is 1. The van der Waals surface area contributed by atoms with Crippen LogP contribution in [0.5, 0.6) is 0 Å². The van der Waals surface area contributed by atoms with Crippen LogP contribution in [0, 0.1) is 0 Å². The van der Waals surface area contributed by atoms with E-state index in [-0.39, 0.29) is 12.5 Å². The van der Waals surface area contributed by atoms with Crippen LogP contribution in [0.15, 0.2) is 0 Å². The maximum Gasteiger partial charge on any atom is 0.245 e. The summed E-state index contributed by atoms with van der Waals surface area (Å²) in [5.74, 6) is -0.633. The average molecular weight is 214 g/mol. The average Bonchev–Trinajstić information content (AvgIpc) is 2.64. The molecular formula is C10H18N2O3. The van der Waals surface area contributed by atoms with Crippen molar-refractivity contribution in [3.8, 4) is 0 Å². The van der Waals surface area contributed by atoms with Crippen LogP contribution in [0.4, 0.5) is 0 Å². The van der Waals surface area contributed by atoms with Crippen LogP contribution in [-0.2, 0) is 14.3 Å². The highest BCUT2D eigenvalue weighted by Gasteiger charge is 2.41. The van der Waals surface area contributed by atoms with Gasteiger partial charge in [-0.25, -0.2) is 0 Å². The molecular weight excluding hydrogens is 196 g/mol. The lowest BCUT2D eigenvalue weighted by Gasteiger charge is -2.24. The van der Waals surface area contributed by atoms with E-state index in [0.29, 0.717) is 19.4 Å². The maximum atomic E-state index is 11.5. The Bertz CT molecular complexity index is 247. The van der Waals surface area contributed by atoms with Crippen LogP contribution >= 0.6 is 0 Å². The summed E-state index contributed by atoms with van der Waals surface area (Å²) in [6.45, 7) is 2.67. The second kappa shape index (κ2) is 5.11. The molecule has 1 unspecified atom stereocenters. The van der Waals surface area contributed by atoms with Crippen molar-refractivity contribution in [2.24, 2.45) is 5.73 Å². The Balaban J connectivity index is 2.52. The number of carbonyl (C=O) groups is 2. The first kappa shape index (κ1) is 12.0. The molecule has 86 valence electrons. The molecule has 0 radical (unpaired) electrons. The van der Waals surface area contributed by atoms with Crippen molar-refractivity contribution in [3.05, 3.63) is 0 Å². The predicted molar refractivity (Wildman–Crippen MR) is 55.0 cm³/mol. The lowest BCUT2D eigenvalue weighted by atomic mass is 9.97. The standard InChI is InChI=1S/C10H18N2O3/c1-2-3-4-8(13)12-10(9(11)14)5-6-15-7-10/h2-7H2,1H3,(H2,11,14)(H,12,13). The number of amides is 2. The third kappa shape index (κ3) is 2.92. The van der Waals surface area contributed by atoms with Gasteiger partial charge in [0.25, 0.3) is 0 Å². The number of unbranched alkanes of at least 4 members (excludes halogenated alkanes) is 1. The quantitative estimate of drug-likeness (QED) is 0.672. The second-order valence-corrected chi connectivity index (χ2v) is 3.90. The molecule has 1 aliphatic heterocycles. The summed E-state index contributed by atoms with van der Waals surface area (Å²) in [7, 11) is 0. The molecule has 2 amide bonds. The maximum absolute atomic E-state index is 11.5. The molecule has 1 saturated heterocycles. The lowest BCUT2D eigenvalue weighted by Crippen LogP contribution is -2.58. The van der Waals surface area contributed by atoms with Crippen molar-refractivity contribution >= 4 is 11.8 Å². The van der Waals surface area contributed by atoms with Gasteiger partial charge in [0.15, 0.2) is 0 Å². The Labute approximate surface area is 89.3 Å². The molecule has 3 N–H and O–H groups in total. The molecule has 0 bridgehead atoms. The summed E-state index contributed by atoms with van der Waals surface area (Å²) in [6, 6.07) is 0. The minimum absolute atomic E-state index is 0.124. The van der Waals surface area contributed by atoms with Gasteiger partial charge in [-0.2, -0.15) is 0 Å². The van der Waals surface area contributed by atoms with Gasteiger partial charge in [0, 0.05) is 19.4 Å². The molecule has 15 heavy (non-hydrogen) atoms. The van der Waals surface area contributed by atoms with Gasteiger partial charge in [0.2, 0.25) is 11.8 Å². The number of nitrogens with two attached hydrogens (primary N) is 1. The molecule has 0 aliphatic carbocycles. The van der Waals surface area contributed by atoms with E-state index in [0.717, 1.165) is 12.8 Å². The van der Waals surface area contributed by atoms with Crippen molar-refractivity contribution in [1.82, 2.24) is 5.32 Å². The Morgan fingerprint density at radius 2 is 2.27 bits per heavy atom. The monoisotopic (exact) mass is 214 g/mol. The number of hydrogen-bond donors (Lipinski definition) is 2. The van der Waals surface area contributed by atoms with Gasteiger partial charge in [-0.05, 0) is 6.42 Å². The smallest absolute Gasteiger partial charge is 0.245 e. The number of rotatable bonds is 5. The SMILES string of the molecule is CCCCC(=O)NC1(C(N)=O)CCOC1. The first-order valence-corrected chi connectivity index (χ1v) is 5.29. The topological polar surface area (TPSA) is 81.4 Å². The van der Waals surface area contributed by atoms with Crippen LogP contribution in [0.1, 0.15) is 32.6 Å². The van der Waals surface area contributed by atoms with Crippen LogP contribution in [0.25, 0.3) is 0 Å². The summed E-state index contributed by atoms with van der Waals surface area (Å²) in [5.41, 5.74) is 4.31. The van der Waals surface area contributed by atoms with Gasteiger partial charge in [0.1, 0.15) is 5.54 Å². The highest BCUT2D eigenvalue weighted by atomic mass is 16.5. The Kier molecular flexibility index (Phi) is 4.08. The van der Waals surface area contributed by atoms with E-state index >= 15 is 0 Å². The fraction of sp³-hybridized carbons (Fsp3) is 0.800. The number of hydrogen-bond acceptors (Lipinski definition) is 3. The largest absolute Gasteiger partial charge is 0.378 e. The zero-order valence-electron chi connectivity index (χ0n) is 9.04. The molecule has 0 aromatic rings. The van der Waals surface area contributed by atoms with Gasteiger partial charge in [-0.1, -0.05) is 13.3 Å². The van der Waals surface area contributed by atoms with Crippen molar-refractivity contribution < 1.29 is 14.3 Å². The molecule has 1 rings (SSSR count). The van der Waals surface area contributed by atoms with Gasteiger partial charge >= 0.3 is 0 Å². The zero-order valence-corrected chi connectivity index (χ0v) is 9.04. The minimum Gasteiger partial charge on any atom is -0.378 e. The molecule has 0 saturated carbocycles. The van der Waals surface area contributed by atoms with Crippen LogP contribution in [-0.4, -0.2) is 30.6 Å². The number of ether oxygens (including phenoxy) is 1. The molecule has 0 spiro atoms. The van der Waals surface area contributed by atoms with E-state index in [1.165, 1.54) is 0 Å². The van der Waals surface area contributed by atoms with Gasteiger partial charge in [0.05, 0.1) is 6.61 Å². The molecule has 1 aliphatic rings. The predicted octanol–water partition coefficient (Wildman–Crippen LogP) is -0.0628. The number of primary amides is 1. The molecule has 1 fully saturated rings.